The largest absolute Gasteiger partial charge is 0.493 e. The Balaban J connectivity index is 1.39. The van der Waals surface area contributed by atoms with E-state index in [-0.39, 0.29) is 17.9 Å². The number of nitrogens with one attached hydrogen (secondary N) is 2. The molecule has 2 N–H and O–H groups in total. The van der Waals surface area contributed by atoms with Crippen molar-refractivity contribution in [3.8, 4) is 28.5 Å². The highest BCUT2D eigenvalue weighted by Crippen LogP contribution is 2.36. The first kappa shape index (κ1) is 24.5. The second-order valence-corrected chi connectivity index (χ2v) is 9.01. The van der Waals surface area contributed by atoms with Crippen molar-refractivity contribution in [2.75, 3.05) is 25.6 Å². The lowest BCUT2D eigenvalue weighted by Crippen LogP contribution is -2.30. The number of fused-ring (bicyclic) bond motifs is 1. The van der Waals surface area contributed by atoms with Crippen molar-refractivity contribution in [2.24, 2.45) is 0 Å². The molecule has 0 bridgehead atoms. The molecule has 1 aliphatic heterocycles. The minimum absolute atomic E-state index is 0.0735. The molecule has 1 unspecified atom stereocenters. The number of benzene rings is 2. The van der Waals surface area contributed by atoms with E-state index in [1.807, 2.05) is 48.7 Å². The van der Waals surface area contributed by atoms with Gasteiger partial charge in [-0.15, -0.1) is 11.3 Å². The zero-order chi connectivity index (χ0) is 24.8. The molecular formula is C26H29N3O5S. The third-order valence-corrected chi connectivity index (χ3v) is 6.40. The van der Waals surface area contributed by atoms with Crippen LogP contribution >= 0.6 is 11.3 Å². The average Bonchev–Trinajstić information content (AvgIpc) is 3.31. The molecule has 0 aliphatic carbocycles. The van der Waals surface area contributed by atoms with E-state index >= 15 is 0 Å². The maximum atomic E-state index is 12.5. The maximum Gasteiger partial charge on any atom is 0.226 e. The number of aromatic nitrogens is 1. The first-order chi connectivity index (χ1) is 17.0. The van der Waals surface area contributed by atoms with Crippen molar-refractivity contribution in [1.82, 2.24) is 10.3 Å². The molecule has 2 heterocycles. The summed E-state index contributed by atoms with van der Waals surface area (Å²) in [5, 5.41) is 8.33. The molecule has 0 fully saturated rings. The minimum Gasteiger partial charge on any atom is -0.493 e. The van der Waals surface area contributed by atoms with Crippen LogP contribution in [-0.2, 0) is 16.0 Å². The van der Waals surface area contributed by atoms with Gasteiger partial charge in [0.05, 0.1) is 32.1 Å². The number of nitrogens with zero attached hydrogens (tertiary/aromatic N) is 1. The number of methoxy groups -OCH3 is 1. The van der Waals surface area contributed by atoms with E-state index in [4.69, 9.17) is 14.2 Å². The first-order valence-corrected chi connectivity index (χ1v) is 12.4. The fraction of sp³-hybridized carbons (Fsp3) is 0.346. The molecule has 9 heteroatoms. The number of hydrogen-bond donors (Lipinski definition) is 2. The van der Waals surface area contributed by atoms with Gasteiger partial charge in [-0.1, -0.05) is 6.07 Å². The topological polar surface area (TPSA) is 98.8 Å². The van der Waals surface area contributed by atoms with Crippen molar-refractivity contribution in [1.29, 1.82) is 0 Å². The molecule has 2 amide bonds. The van der Waals surface area contributed by atoms with Crippen molar-refractivity contribution in [3.05, 3.63) is 52.9 Å². The molecule has 184 valence electrons. The van der Waals surface area contributed by atoms with Crippen LogP contribution in [0.25, 0.3) is 11.3 Å². The summed E-state index contributed by atoms with van der Waals surface area (Å²) in [5.41, 5.74) is 3.60. The van der Waals surface area contributed by atoms with Gasteiger partial charge in [0.2, 0.25) is 11.8 Å². The normalized spacial score (nSPS) is 14.4. The lowest BCUT2D eigenvalue weighted by molar-refractivity contribution is -0.120. The zero-order valence-corrected chi connectivity index (χ0v) is 20.9. The number of carbonyl (C=O) groups excluding carboxylic acids is 2. The van der Waals surface area contributed by atoms with Crippen molar-refractivity contribution < 1.29 is 23.8 Å². The van der Waals surface area contributed by atoms with Gasteiger partial charge in [-0.05, 0) is 49.2 Å². The van der Waals surface area contributed by atoms with Crippen LogP contribution in [0.4, 0.5) is 5.13 Å². The molecule has 3 aromatic rings. The highest BCUT2D eigenvalue weighted by Gasteiger charge is 2.23. The van der Waals surface area contributed by atoms with Gasteiger partial charge >= 0.3 is 0 Å². The molecule has 0 spiro atoms. The summed E-state index contributed by atoms with van der Waals surface area (Å²) in [7, 11) is 1.60. The molecule has 1 atom stereocenters. The Bertz CT molecular complexity index is 1210. The molecule has 4 rings (SSSR count). The fourth-order valence-electron chi connectivity index (χ4n) is 3.99. The predicted octanol–water partition coefficient (Wildman–Crippen LogP) is 4.75. The van der Waals surface area contributed by atoms with Crippen LogP contribution in [0.3, 0.4) is 0 Å². The average molecular weight is 496 g/mol. The molecule has 0 radical (unpaired) electrons. The Kier molecular flexibility index (Phi) is 7.87. The third kappa shape index (κ3) is 6.10. The third-order valence-electron chi connectivity index (χ3n) is 5.64. The molecule has 2 aromatic carbocycles. The number of hydrogen-bond acceptors (Lipinski definition) is 7. The smallest absolute Gasteiger partial charge is 0.226 e. The lowest BCUT2D eigenvalue weighted by atomic mass is 9.97. The van der Waals surface area contributed by atoms with Crippen LogP contribution in [0.1, 0.15) is 43.9 Å². The highest BCUT2D eigenvalue weighted by atomic mass is 32.1. The summed E-state index contributed by atoms with van der Waals surface area (Å²) < 4.78 is 16.7. The van der Waals surface area contributed by atoms with Crippen LogP contribution in [0, 0.1) is 0 Å². The summed E-state index contributed by atoms with van der Waals surface area (Å²) in [6.07, 6.45) is 1.61. The van der Waals surface area contributed by atoms with E-state index in [0.29, 0.717) is 49.1 Å². The fourth-order valence-corrected chi connectivity index (χ4v) is 4.73. The molecule has 0 saturated carbocycles. The Hall–Kier alpha value is -3.59. The Morgan fingerprint density at radius 3 is 2.83 bits per heavy atom. The monoisotopic (exact) mass is 495 g/mol. The standard InChI is InChI=1S/C26H29N3O5S/c1-4-33-23-8-5-17(13-24(23)32-3)6-10-25(31)29-26-28-21(15-35-26)18-7-9-22-19(14-18)20(11-12-34-22)27-16(2)30/h5,7-9,13-15,20H,4,6,10-12H2,1-3H3,(H,27,30)(H,28,29,31). The number of anilines is 1. The van der Waals surface area contributed by atoms with Crippen molar-refractivity contribution in [2.45, 2.75) is 39.2 Å². The van der Waals surface area contributed by atoms with Crippen LogP contribution in [-0.4, -0.2) is 37.1 Å². The molecule has 1 aromatic heterocycles. The van der Waals surface area contributed by atoms with Gasteiger partial charge in [-0.2, -0.15) is 0 Å². The van der Waals surface area contributed by atoms with E-state index < -0.39 is 0 Å². The Morgan fingerprint density at radius 1 is 1.20 bits per heavy atom. The van der Waals surface area contributed by atoms with Gasteiger partial charge in [-0.3, -0.25) is 9.59 Å². The van der Waals surface area contributed by atoms with Crippen LogP contribution in [0.15, 0.2) is 41.8 Å². The molecular weight excluding hydrogens is 466 g/mol. The number of rotatable bonds is 9. The van der Waals surface area contributed by atoms with Crippen molar-refractivity contribution >= 4 is 28.3 Å². The van der Waals surface area contributed by atoms with Gasteiger partial charge in [0.15, 0.2) is 16.6 Å². The summed E-state index contributed by atoms with van der Waals surface area (Å²) in [5.74, 6) is 1.94. The Labute approximate surface area is 208 Å². The van der Waals surface area contributed by atoms with Gasteiger partial charge in [0.25, 0.3) is 0 Å². The number of carbonyl (C=O) groups is 2. The number of aryl methyl sites for hydroxylation is 1. The van der Waals surface area contributed by atoms with E-state index in [0.717, 1.165) is 28.1 Å². The SMILES string of the molecule is CCOc1ccc(CCC(=O)Nc2nc(-c3ccc4c(c3)C(NC(C)=O)CCO4)cs2)cc1OC. The summed E-state index contributed by atoms with van der Waals surface area (Å²) in [4.78, 5) is 28.7. The van der Waals surface area contributed by atoms with Crippen LogP contribution in [0.2, 0.25) is 0 Å². The van der Waals surface area contributed by atoms with Gasteiger partial charge in [0.1, 0.15) is 5.75 Å². The second kappa shape index (κ2) is 11.2. The summed E-state index contributed by atoms with van der Waals surface area (Å²) in [6.45, 7) is 4.56. The molecule has 8 nitrogen and oxygen atoms in total. The lowest BCUT2D eigenvalue weighted by Gasteiger charge is -2.26. The molecule has 35 heavy (non-hydrogen) atoms. The van der Waals surface area contributed by atoms with Gasteiger partial charge in [-0.25, -0.2) is 4.98 Å². The van der Waals surface area contributed by atoms with Gasteiger partial charge < -0.3 is 24.8 Å². The predicted molar refractivity (Wildman–Crippen MR) is 135 cm³/mol. The molecule has 0 saturated heterocycles. The highest BCUT2D eigenvalue weighted by molar-refractivity contribution is 7.14. The second-order valence-electron chi connectivity index (χ2n) is 8.15. The molecule has 1 aliphatic rings. The minimum atomic E-state index is -0.108. The van der Waals surface area contributed by atoms with Crippen LogP contribution < -0.4 is 24.8 Å². The maximum absolute atomic E-state index is 12.5. The van der Waals surface area contributed by atoms with E-state index in [9.17, 15) is 9.59 Å². The van der Waals surface area contributed by atoms with Gasteiger partial charge in [0, 0.05) is 36.3 Å². The summed E-state index contributed by atoms with van der Waals surface area (Å²) >= 11 is 1.38. The number of amides is 2. The van der Waals surface area contributed by atoms with E-state index in [1.165, 1.54) is 18.3 Å². The quantitative estimate of drug-likeness (QED) is 0.445. The summed E-state index contributed by atoms with van der Waals surface area (Å²) in [6, 6.07) is 11.5. The van der Waals surface area contributed by atoms with Crippen LogP contribution in [0.5, 0.6) is 17.2 Å². The van der Waals surface area contributed by atoms with Crippen molar-refractivity contribution in [3.63, 3.8) is 0 Å². The first-order valence-electron chi connectivity index (χ1n) is 11.6. The Morgan fingerprint density at radius 2 is 2.06 bits per heavy atom. The number of thiazole rings is 1. The zero-order valence-electron chi connectivity index (χ0n) is 20.1. The number of ether oxygens (including phenoxy) is 3. The van der Waals surface area contributed by atoms with E-state index in [1.54, 1.807) is 7.11 Å². The van der Waals surface area contributed by atoms with E-state index in [2.05, 4.69) is 15.6 Å².